The van der Waals surface area contributed by atoms with E-state index in [0.29, 0.717) is 30.9 Å². The number of carbonyl (C=O) groups is 3. The van der Waals surface area contributed by atoms with E-state index in [-0.39, 0.29) is 12.2 Å². The molecule has 0 radical (unpaired) electrons. The van der Waals surface area contributed by atoms with E-state index in [9.17, 15) is 18.8 Å². The summed E-state index contributed by atoms with van der Waals surface area (Å²) in [4.78, 5) is 44.6. The average molecular weight is 360 g/mol. The maximum Gasteiger partial charge on any atom is 0.332 e. The van der Waals surface area contributed by atoms with E-state index >= 15 is 0 Å². The third-order valence-electron chi connectivity index (χ3n) is 5.93. The Hall–Kier alpha value is -2.48. The number of imide groups is 2. The molecule has 0 bridgehead atoms. The molecule has 1 aromatic rings. The van der Waals surface area contributed by atoms with Gasteiger partial charge in [-0.25, -0.2) is 9.18 Å². The lowest BCUT2D eigenvalue weighted by molar-refractivity contribution is -0.160. The Bertz CT molecular complexity index is 803. The molecule has 138 valence electrons. The van der Waals surface area contributed by atoms with Gasteiger partial charge in [0.15, 0.2) is 5.41 Å². The fourth-order valence-electron chi connectivity index (χ4n) is 4.58. The summed E-state index contributed by atoms with van der Waals surface area (Å²) in [5.41, 5.74) is -0.324. The minimum atomic E-state index is -1.42. The predicted molar refractivity (Wildman–Crippen MR) is 92.1 cm³/mol. The molecule has 4 amide bonds. The van der Waals surface area contributed by atoms with Crippen molar-refractivity contribution in [3.63, 3.8) is 0 Å². The predicted octanol–water partition coefficient (Wildman–Crippen LogP) is 0.539. The number of fused-ring (bicyclic) bond motifs is 4. The topological polar surface area (TPSA) is 64.2 Å². The van der Waals surface area contributed by atoms with Gasteiger partial charge >= 0.3 is 6.03 Å². The highest BCUT2D eigenvalue weighted by Gasteiger charge is 2.63. The molecule has 8 heteroatoms. The first-order valence-corrected chi connectivity index (χ1v) is 8.62. The second-order valence-electron chi connectivity index (χ2n) is 7.38. The zero-order chi connectivity index (χ0) is 18.8. The first kappa shape index (κ1) is 17.0. The van der Waals surface area contributed by atoms with Gasteiger partial charge in [0.1, 0.15) is 5.82 Å². The van der Waals surface area contributed by atoms with Gasteiger partial charge in [0.2, 0.25) is 11.8 Å². The van der Waals surface area contributed by atoms with Crippen molar-refractivity contribution in [1.29, 1.82) is 0 Å². The van der Waals surface area contributed by atoms with Gasteiger partial charge in [0.05, 0.1) is 11.7 Å². The van der Waals surface area contributed by atoms with Crippen molar-refractivity contribution in [2.24, 2.45) is 5.41 Å². The summed E-state index contributed by atoms with van der Waals surface area (Å²) >= 11 is 0. The normalized spacial score (nSPS) is 25.6. The third-order valence-corrected chi connectivity index (χ3v) is 5.93. The summed E-state index contributed by atoms with van der Waals surface area (Å²) in [6.45, 7) is 1.66. The fraction of sp³-hybridized carbons (Fsp3) is 0.500. The molecule has 1 aromatic carbocycles. The van der Waals surface area contributed by atoms with Gasteiger partial charge in [-0.3, -0.25) is 19.4 Å². The van der Waals surface area contributed by atoms with Crippen molar-refractivity contribution >= 4 is 23.5 Å². The largest absolute Gasteiger partial charge is 0.362 e. The smallest absolute Gasteiger partial charge is 0.332 e. The number of benzene rings is 1. The first-order valence-electron chi connectivity index (χ1n) is 8.62. The minimum absolute atomic E-state index is 0.0920. The van der Waals surface area contributed by atoms with Crippen LogP contribution in [0.4, 0.5) is 14.9 Å². The number of anilines is 1. The molecule has 3 aliphatic rings. The lowest BCUT2D eigenvalue weighted by Gasteiger charge is -2.55. The number of halogens is 1. The van der Waals surface area contributed by atoms with Crippen molar-refractivity contribution in [2.45, 2.75) is 12.5 Å². The van der Waals surface area contributed by atoms with Crippen LogP contribution in [-0.4, -0.2) is 79.4 Å². The van der Waals surface area contributed by atoms with Gasteiger partial charge in [-0.1, -0.05) is 12.1 Å². The van der Waals surface area contributed by atoms with Crippen molar-refractivity contribution in [3.8, 4) is 0 Å². The highest BCUT2D eigenvalue weighted by molar-refractivity contribution is 6.20. The van der Waals surface area contributed by atoms with E-state index in [2.05, 4.69) is 0 Å². The zero-order valence-corrected chi connectivity index (χ0v) is 15.0. The van der Waals surface area contributed by atoms with Crippen molar-refractivity contribution < 1.29 is 18.8 Å². The van der Waals surface area contributed by atoms with Crippen LogP contribution in [0.25, 0.3) is 0 Å². The molecule has 0 aromatic heterocycles. The molecule has 2 fully saturated rings. The maximum absolute atomic E-state index is 14.6. The lowest BCUT2D eigenvalue weighted by Crippen LogP contribution is -2.74. The van der Waals surface area contributed by atoms with Gasteiger partial charge in [-0.15, -0.1) is 0 Å². The van der Waals surface area contributed by atoms with Crippen LogP contribution in [0.5, 0.6) is 0 Å². The van der Waals surface area contributed by atoms with Gasteiger partial charge in [-0.2, -0.15) is 0 Å². The molecule has 4 rings (SSSR count). The Morgan fingerprint density at radius 1 is 1.04 bits per heavy atom. The average Bonchev–Trinajstić information content (AvgIpc) is 2.63. The van der Waals surface area contributed by atoms with Crippen LogP contribution in [0.1, 0.15) is 5.56 Å². The number of barbiturate groups is 1. The highest BCUT2D eigenvalue weighted by atomic mass is 19.1. The SMILES string of the molecule is CN1CCN2c3c(F)cccc3CC3(C(=O)N(C)C(=O)N(C)C3=O)C2C1. The summed E-state index contributed by atoms with van der Waals surface area (Å²) in [7, 11) is 4.71. The van der Waals surface area contributed by atoms with Crippen LogP contribution in [0.2, 0.25) is 0 Å². The number of hydrogen-bond donors (Lipinski definition) is 0. The number of carbonyl (C=O) groups excluding carboxylic acids is 3. The van der Waals surface area contributed by atoms with Gasteiger partial charge < -0.3 is 9.80 Å². The van der Waals surface area contributed by atoms with E-state index < -0.39 is 29.3 Å². The summed E-state index contributed by atoms with van der Waals surface area (Å²) in [5, 5.41) is 0. The molecule has 3 heterocycles. The molecule has 26 heavy (non-hydrogen) atoms. The number of amides is 4. The van der Waals surface area contributed by atoms with Crippen LogP contribution >= 0.6 is 0 Å². The monoisotopic (exact) mass is 360 g/mol. The number of likely N-dealkylation sites (N-methyl/N-ethyl adjacent to an activating group) is 1. The van der Waals surface area contributed by atoms with Crippen LogP contribution in [-0.2, 0) is 16.0 Å². The molecule has 0 N–H and O–H groups in total. The molecule has 0 aliphatic carbocycles. The van der Waals surface area contributed by atoms with Crippen molar-refractivity contribution in [3.05, 3.63) is 29.6 Å². The number of hydrogen-bond acceptors (Lipinski definition) is 5. The number of nitrogens with zero attached hydrogens (tertiary/aromatic N) is 4. The van der Waals surface area contributed by atoms with Gasteiger partial charge in [0, 0.05) is 33.7 Å². The Morgan fingerprint density at radius 3 is 2.35 bits per heavy atom. The van der Waals surface area contributed by atoms with E-state index in [1.807, 2.05) is 16.8 Å². The summed E-state index contributed by atoms with van der Waals surface area (Å²) in [5.74, 6) is -1.36. The molecule has 3 aliphatic heterocycles. The first-order chi connectivity index (χ1) is 12.3. The summed E-state index contributed by atoms with van der Waals surface area (Å²) in [6.07, 6.45) is 0.0920. The summed E-state index contributed by atoms with van der Waals surface area (Å²) < 4.78 is 14.6. The third kappa shape index (κ3) is 1.99. The van der Waals surface area contributed by atoms with Crippen LogP contribution in [0, 0.1) is 11.2 Å². The Kier molecular flexibility index (Phi) is 3.59. The standard InChI is InChI=1S/C18H21FN4O3/c1-20-7-8-23-13(10-20)18(9-11-5-4-6-12(19)14(11)23)15(24)21(2)17(26)22(3)16(18)25/h4-6,13H,7-10H2,1-3H3. The zero-order valence-electron chi connectivity index (χ0n) is 15.0. The maximum atomic E-state index is 14.6. The number of para-hydroxylation sites is 1. The van der Waals surface area contributed by atoms with E-state index in [0.717, 1.165) is 9.80 Å². The van der Waals surface area contributed by atoms with Crippen molar-refractivity contribution in [1.82, 2.24) is 14.7 Å². The van der Waals surface area contributed by atoms with Crippen molar-refractivity contribution in [2.75, 3.05) is 45.7 Å². The molecular formula is C18H21FN4O3. The summed E-state index contributed by atoms with van der Waals surface area (Å²) in [6, 6.07) is 3.59. The van der Waals surface area contributed by atoms with Crippen LogP contribution in [0.3, 0.4) is 0 Å². The highest BCUT2D eigenvalue weighted by Crippen LogP contribution is 2.47. The molecule has 1 spiro atoms. The van der Waals surface area contributed by atoms with E-state index in [1.165, 1.54) is 20.2 Å². The lowest BCUT2D eigenvalue weighted by atomic mass is 9.67. The molecule has 1 unspecified atom stereocenters. The van der Waals surface area contributed by atoms with E-state index in [4.69, 9.17) is 0 Å². The molecule has 7 nitrogen and oxygen atoms in total. The fourth-order valence-corrected chi connectivity index (χ4v) is 4.58. The number of urea groups is 1. The minimum Gasteiger partial charge on any atom is -0.362 e. The Labute approximate surface area is 150 Å². The van der Waals surface area contributed by atoms with Crippen LogP contribution in [0.15, 0.2) is 18.2 Å². The quantitative estimate of drug-likeness (QED) is 0.632. The Morgan fingerprint density at radius 2 is 1.69 bits per heavy atom. The second-order valence-corrected chi connectivity index (χ2v) is 7.38. The second kappa shape index (κ2) is 5.51. The van der Waals surface area contributed by atoms with Crippen LogP contribution < -0.4 is 4.90 Å². The molecule has 2 saturated heterocycles. The van der Waals surface area contributed by atoms with E-state index in [1.54, 1.807) is 12.1 Å². The molecule has 0 saturated carbocycles. The van der Waals surface area contributed by atoms with Gasteiger partial charge in [-0.05, 0) is 25.1 Å². The number of rotatable bonds is 0. The Balaban J connectivity index is 1.94. The number of piperazine rings is 1. The molecule has 1 atom stereocenters. The van der Waals surface area contributed by atoms with Gasteiger partial charge in [0.25, 0.3) is 0 Å². The molecular weight excluding hydrogens is 339 g/mol.